The second-order valence-corrected chi connectivity index (χ2v) is 8.79. The van der Waals surface area contributed by atoms with Crippen LogP contribution < -0.4 is 4.74 Å². The topological polar surface area (TPSA) is 35.9 Å². The molecule has 1 unspecified atom stereocenters. The number of likely N-dealkylation sites (N-methyl/N-ethyl adjacent to an activating group) is 1. The zero-order chi connectivity index (χ0) is 19.6. The molecule has 1 N–H and O–H groups in total. The van der Waals surface area contributed by atoms with Crippen molar-refractivity contribution >= 4 is 10.8 Å². The fourth-order valence-corrected chi connectivity index (χ4v) is 4.97. The number of benzene rings is 2. The van der Waals surface area contributed by atoms with Gasteiger partial charge in [0.1, 0.15) is 5.75 Å². The van der Waals surface area contributed by atoms with Crippen molar-refractivity contribution in [1.29, 1.82) is 0 Å². The van der Waals surface area contributed by atoms with Crippen LogP contribution in [0.5, 0.6) is 5.75 Å². The monoisotopic (exact) mass is 382 g/mol. The van der Waals surface area contributed by atoms with Gasteiger partial charge in [-0.1, -0.05) is 43.5 Å². The van der Waals surface area contributed by atoms with Gasteiger partial charge >= 0.3 is 0 Å². The Balaban J connectivity index is 1.64. The lowest BCUT2D eigenvalue weighted by Gasteiger charge is -2.43. The maximum absolute atomic E-state index is 11.7. The van der Waals surface area contributed by atoms with E-state index in [0.29, 0.717) is 0 Å². The molecule has 1 atom stereocenters. The van der Waals surface area contributed by atoms with Crippen molar-refractivity contribution in [1.82, 2.24) is 9.80 Å². The minimum absolute atomic E-state index is 0.169. The number of ether oxygens (including phenoxy) is 1. The molecular formula is C24H34N2O2. The van der Waals surface area contributed by atoms with Crippen molar-refractivity contribution in [2.45, 2.75) is 43.6 Å². The summed E-state index contributed by atoms with van der Waals surface area (Å²) in [5.74, 6) is 1.06. The summed E-state index contributed by atoms with van der Waals surface area (Å²) in [4.78, 5) is 4.94. The van der Waals surface area contributed by atoms with E-state index in [2.05, 4.69) is 47.2 Å². The Hall–Kier alpha value is -1.62. The fraction of sp³-hybridized carbons (Fsp3) is 0.583. The quantitative estimate of drug-likeness (QED) is 0.851. The van der Waals surface area contributed by atoms with Crippen molar-refractivity contribution in [2.24, 2.45) is 0 Å². The summed E-state index contributed by atoms with van der Waals surface area (Å²) in [6.07, 6.45) is 5.38. The molecule has 1 saturated heterocycles. The van der Waals surface area contributed by atoms with Gasteiger partial charge in [-0.3, -0.25) is 0 Å². The van der Waals surface area contributed by atoms with E-state index in [1.54, 1.807) is 7.11 Å². The third kappa shape index (κ3) is 4.19. The second kappa shape index (κ2) is 8.40. The fourth-order valence-electron chi connectivity index (χ4n) is 4.97. The summed E-state index contributed by atoms with van der Waals surface area (Å²) in [6, 6.07) is 13.0. The molecule has 0 amide bonds. The van der Waals surface area contributed by atoms with Crippen LogP contribution in [0.1, 0.15) is 43.6 Å². The van der Waals surface area contributed by atoms with E-state index in [1.807, 2.05) is 6.07 Å². The van der Waals surface area contributed by atoms with Crippen LogP contribution in [0, 0.1) is 0 Å². The Kier molecular flexibility index (Phi) is 5.91. The van der Waals surface area contributed by atoms with E-state index in [1.165, 1.54) is 22.8 Å². The molecule has 1 aliphatic heterocycles. The van der Waals surface area contributed by atoms with E-state index < -0.39 is 5.60 Å². The van der Waals surface area contributed by atoms with Gasteiger partial charge in [0.15, 0.2) is 0 Å². The molecule has 2 aliphatic rings. The lowest BCUT2D eigenvalue weighted by Crippen LogP contribution is -2.50. The highest BCUT2D eigenvalue weighted by atomic mass is 16.5. The first-order valence-corrected chi connectivity index (χ1v) is 10.8. The number of piperazine rings is 1. The number of hydrogen-bond acceptors (Lipinski definition) is 4. The standard InChI is InChI=1S/C24H34N2O2/c1-25-12-14-26(15-13-25)18-23(24(27)10-4-3-5-11-24)21-7-6-20-17-22(28-2)9-8-19(20)16-21/h6-9,16-17,23,27H,3-5,10-15,18H2,1-2H3. The Morgan fingerprint density at radius 3 is 2.36 bits per heavy atom. The highest BCUT2D eigenvalue weighted by Crippen LogP contribution is 2.41. The van der Waals surface area contributed by atoms with Gasteiger partial charge in [-0.05, 0) is 48.4 Å². The summed E-state index contributed by atoms with van der Waals surface area (Å²) < 4.78 is 5.37. The maximum atomic E-state index is 11.7. The summed E-state index contributed by atoms with van der Waals surface area (Å²) in [5, 5.41) is 14.1. The lowest BCUT2D eigenvalue weighted by molar-refractivity contribution is -0.0336. The normalized spacial score (nSPS) is 22.2. The highest BCUT2D eigenvalue weighted by molar-refractivity contribution is 5.84. The molecule has 2 fully saturated rings. The molecule has 0 spiro atoms. The van der Waals surface area contributed by atoms with Crippen LogP contribution in [0.25, 0.3) is 10.8 Å². The molecule has 1 saturated carbocycles. The summed E-state index contributed by atoms with van der Waals surface area (Å²) in [6.45, 7) is 5.36. The Morgan fingerprint density at radius 1 is 0.964 bits per heavy atom. The van der Waals surface area contributed by atoms with Gasteiger partial charge in [0, 0.05) is 38.6 Å². The zero-order valence-electron chi connectivity index (χ0n) is 17.4. The predicted octanol–water partition coefficient (Wildman–Crippen LogP) is 3.87. The van der Waals surface area contributed by atoms with Gasteiger partial charge in [-0.25, -0.2) is 0 Å². The Labute approximate surface area is 169 Å². The van der Waals surface area contributed by atoms with Crippen molar-refractivity contribution in [3.05, 3.63) is 42.0 Å². The van der Waals surface area contributed by atoms with Gasteiger partial charge in [-0.15, -0.1) is 0 Å². The number of rotatable bonds is 5. The predicted molar refractivity (Wildman–Crippen MR) is 115 cm³/mol. The minimum Gasteiger partial charge on any atom is -0.497 e. The molecule has 0 aromatic heterocycles. The smallest absolute Gasteiger partial charge is 0.119 e. The molecule has 1 heterocycles. The Bertz CT molecular complexity index is 792. The van der Waals surface area contributed by atoms with E-state index in [9.17, 15) is 5.11 Å². The largest absolute Gasteiger partial charge is 0.497 e. The van der Waals surface area contributed by atoms with Crippen LogP contribution in [0.3, 0.4) is 0 Å². The maximum Gasteiger partial charge on any atom is 0.119 e. The summed E-state index contributed by atoms with van der Waals surface area (Å²) in [7, 11) is 3.90. The first-order chi connectivity index (χ1) is 13.6. The number of fused-ring (bicyclic) bond motifs is 1. The lowest BCUT2D eigenvalue weighted by atomic mass is 9.72. The van der Waals surface area contributed by atoms with E-state index in [4.69, 9.17) is 4.74 Å². The molecule has 28 heavy (non-hydrogen) atoms. The molecule has 4 nitrogen and oxygen atoms in total. The second-order valence-electron chi connectivity index (χ2n) is 8.79. The molecule has 2 aromatic carbocycles. The number of aliphatic hydroxyl groups is 1. The van der Waals surface area contributed by atoms with Gasteiger partial charge in [0.25, 0.3) is 0 Å². The van der Waals surface area contributed by atoms with Crippen molar-refractivity contribution in [3.8, 4) is 5.75 Å². The van der Waals surface area contributed by atoms with Crippen molar-refractivity contribution in [2.75, 3.05) is 46.9 Å². The molecule has 0 radical (unpaired) electrons. The number of methoxy groups -OCH3 is 1. The average molecular weight is 383 g/mol. The van der Waals surface area contributed by atoms with Crippen LogP contribution in [-0.4, -0.2) is 67.4 Å². The average Bonchev–Trinajstić information content (AvgIpc) is 2.73. The van der Waals surface area contributed by atoms with E-state index >= 15 is 0 Å². The molecular weight excluding hydrogens is 348 g/mol. The Morgan fingerprint density at radius 2 is 1.64 bits per heavy atom. The molecule has 4 heteroatoms. The minimum atomic E-state index is -0.582. The zero-order valence-corrected chi connectivity index (χ0v) is 17.4. The van der Waals surface area contributed by atoms with Crippen LogP contribution >= 0.6 is 0 Å². The summed E-state index contributed by atoms with van der Waals surface area (Å²) in [5.41, 5.74) is 0.697. The number of hydrogen-bond donors (Lipinski definition) is 1. The van der Waals surface area contributed by atoms with Crippen LogP contribution in [-0.2, 0) is 0 Å². The van der Waals surface area contributed by atoms with E-state index in [0.717, 1.165) is 64.2 Å². The van der Waals surface area contributed by atoms with E-state index in [-0.39, 0.29) is 5.92 Å². The number of nitrogens with zero attached hydrogens (tertiary/aromatic N) is 2. The third-order valence-electron chi connectivity index (χ3n) is 6.88. The van der Waals surface area contributed by atoms with Crippen LogP contribution in [0.4, 0.5) is 0 Å². The first kappa shape index (κ1) is 19.7. The van der Waals surface area contributed by atoms with Gasteiger partial charge in [0.05, 0.1) is 12.7 Å². The third-order valence-corrected chi connectivity index (χ3v) is 6.88. The van der Waals surface area contributed by atoms with Crippen LogP contribution in [0.2, 0.25) is 0 Å². The first-order valence-electron chi connectivity index (χ1n) is 10.8. The molecule has 4 rings (SSSR count). The molecule has 152 valence electrons. The van der Waals surface area contributed by atoms with Gasteiger partial charge in [0.2, 0.25) is 0 Å². The van der Waals surface area contributed by atoms with Gasteiger partial charge in [-0.2, -0.15) is 0 Å². The molecule has 0 bridgehead atoms. The van der Waals surface area contributed by atoms with Crippen molar-refractivity contribution in [3.63, 3.8) is 0 Å². The van der Waals surface area contributed by atoms with Crippen molar-refractivity contribution < 1.29 is 9.84 Å². The van der Waals surface area contributed by atoms with Gasteiger partial charge < -0.3 is 19.6 Å². The molecule has 1 aliphatic carbocycles. The van der Waals surface area contributed by atoms with Crippen LogP contribution in [0.15, 0.2) is 36.4 Å². The summed E-state index contributed by atoms with van der Waals surface area (Å²) >= 11 is 0. The molecule has 2 aromatic rings. The highest BCUT2D eigenvalue weighted by Gasteiger charge is 2.39. The SMILES string of the molecule is COc1ccc2cc(C(CN3CCN(C)CC3)C3(O)CCCCC3)ccc2c1.